The van der Waals surface area contributed by atoms with Crippen molar-refractivity contribution in [3.8, 4) is 5.75 Å². The lowest BCUT2D eigenvalue weighted by Crippen LogP contribution is -2.50. The summed E-state index contributed by atoms with van der Waals surface area (Å²) in [6.07, 6.45) is 0.494. The van der Waals surface area contributed by atoms with Gasteiger partial charge < -0.3 is 19.5 Å². The van der Waals surface area contributed by atoms with E-state index in [-0.39, 0.29) is 11.9 Å². The van der Waals surface area contributed by atoms with Crippen LogP contribution < -0.4 is 10.1 Å². The van der Waals surface area contributed by atoms with E-state index in [1.54, 1.807) is 0 Å². The third-order valence-electron chi connectivity index (χ3n) is 5.92. The van der Waals surface area contributed by atoms with Gasteiger partial charge in [0, 0.05) is 0 Å². The number of para-hydroxylation sites is 1. The summed E-state index contributed by atoms with van der Waals surface area (Å²) in [6, 6.07) is 21.8. The Morgan fingerprint density at radius 1 is 1.00 bits per heavy atom. The minimum Gasteiger partial charge on any atom is -0.480 e. The molecule has 5 nitrogen and oxygen atoms in total. The minimum absolute atomic E-state index is 0.159. The minimum atomic E-state index is -0.919. The summed E-state index contributed by atoms with van der Waals surface area (Å²) in [7, 11) is 0. The van der Waals surface area contributed by atoms with Gasteiger partial charge in [-0.1, -0.05) is 54.6 Å². The lowest BCUT2D eigenvalue weighted by Gasteiger charge is -2.43. The van der Waals surface area contributed by atoms with Crippen LogP contribution in [0.3, 0.4) is 0 Å². The summed E-state index contributed by atoms with van der Waals surface area (Å²) in [5, 5.41) is 5.43. The number of hydrogen-bond acceptors (Lipinski definition) is 4. The Morgan fingerprint density at radius 2 is 1.73 bits per heavy atom. The number of nitrogens with one attached hydrogen (secondary N) is 1. The molecule has 0 aromatic heterocycles. The van der Waals surface area contributed by atoms with Crippen molar-refractivity contribution in [1.29, 1.82) is 0 Å². The van der Waals surface area contributed by atoms with Crippen LogP contribution in [0.5, 0.6) is 5.75 Å². The summed E-state index contributed by atoms with van der Waals surface area (Å²) in [5.41, 5.74) is 1.94. The van der Waals surface area contributed by atoms with Crippen molar-refractivity contribution in [2.75, 3.05) is 13.2 Å². The van der Waals surface area contributed by atoms with Gasteiger partial charge in [0.2, 0.25) is 5.79 Å². The van der Waals surface area contributed by atoms with Crippen LogP contribution in [-0.4, -0.2) is 25.2 Å². The van der Waals surface area contributed by atoms with Gasteiger partial charge in [-0.25, -0.2) is 0 Å². The van der Waals surface area contributed by atoms with Gasteiger partial charge in [-0.05, 0) is 41.8 Å². The maximum atomic E-state index is 13.2. The molecule has 3 aromatic rings. The standard InChI is InChI=1S/C25H25NO4/c1-17(19-11-6-9-18-8-2-3-10-20(18)19)26-24(27)23-16-25(28-14-7-15-29-25)21-12-4-5-13-22(21)30-23/h2-6,8-13,17,23H,7,14-16H2,1H3,(H,26,27)/t17-,23-/m1/s1. The lowest BCUT2D eigenvalue weighted by atomic mass is 9.93. The molecular formula is C25H25NO4. The second-order valence-corrected chi connectivity index (χ2v) is 7.91. The highest BCUT2D eigenvalue weighted by Gasteiger charge is 2.47. The third-order valence-corrected chi connectivity index (χ3v) is 5.92. The lowest BCUT2D eigenvalue weighted by molar-refractivity contribution is -0.292. The molecule has 0 saturated carbocycles. The maximum absolute atomic E-state index is 13.2. The highest BCUT2D eigenvalue weighted by atomic mass is 16.7. The van der Waals surface area contributed by atoms with Gasteiger partial charge in [0.1, 0.15) is 5.75 Å². The molecule has 1 N–H and O–H groups in total. The summed E-state index contributed by atoms with van der Waals surface area (Å²) in [5.74, 6) is -0.441. The number of carbonyl (C=O) groups excluding carboxylic acids is 1. The van der Waals surface area contributed by atoms with Crippen molar-refractivity contribution >= 4 is 16.7 Å². The van der Waals surface area contributed by atoms with Gasteiger partial charge in [0.25, 0.3) is 5.91 Å². The Morgan fingerprint density at radius 3 is 2.60 bits per heavy atom. The predicted octanol–water partition coefficient (Wildman–Crippen LogP) is 4.46. The van der Waals surface area contributed by atoms with E-state index >= 15 is 0 Å². The first-order valence-electron chi connectivity index (χ1n) is 10.5. The van der Waals surface area contributed by atoms with Gasteiger partial charge in [0.15, 0.2) is 6.10 Å². The summed E-state index contributed by atoms with van der Waals surface area (Å²) in [6.45, 7) is 3.21. The molecule has 2 aliphatic rings. The van der Waals surface area contributed by atoms with Crippen molar-refractivity contribution < 1.29 is 19.0 Å². The first-order valence-corrected chi connectivity index (χ1v) is 10.5. The quantitative estimate of drug-likeness (QED) is 0.702. The van der Waals surface area contributed by atoms with Crippen LogP contribution in [0.4, 0.5) is 0 Å². The second-order valence-electron chi connectivity index (χ2n) is 7.91. The Bertz CT molecular complexity index is 1070. The van der Waals surface area contributed by atoms with Crippen LogP contribution in [-0.2, 0) is 20.1 Å². The smallest absolute Gasteiger partial charge is 0.261 e. The predicted molar refractivity (Wildman–Crippen MR) is 114 cm³/mol. The molecule has 2 atom stereocenters. The summed E-state index contributed by atoms with van der Waals surface area (Å²) in [4.78, 5) is 13.2. The Balaban J connectivity index is 1.40. The molecule has 2 heterocycles. The fourth-order valence-electron chi connectivity index (χ4n) is 4.44. The molecule has 1 spiro atoms. The van der Waals surface area contributed by atoms with Crippen molar-refractivity contribution in [2.45, 2.75) is 37.7 Å². The molecule has 154 valence electrons. The van der Waals surface area contributed by atoms with Gasteiger partial charge in [-0.15, -0.1) is 0 Å². The average molecular weight is 403 g/mol. The zero-order valence-electron chi connectivity index (χ0n) is 17.0. The molecule has 1 fully saturated rings. The summed E-state index contributed by atoms with van der Waals surface area (Å²) >= 11 is 0. The largest absolute Gasteiger partial charge is 0.480 e. The number of hydrogen-bond donors (Lipinski definition) is 1. The number of carbonyl (C=O) groups is 1. The highest BCUT2D eigenvalue weighted by molar-refractivity contribution is 5.87. The van der Waals surface area contributed by atoms with Crippen molar-refractivity contribution in [1.82, 2.24) is 5.32 Å². The van der Waals surface area contributed by atoms with Crippen LogP contribution in [0.25, 0.3) is 10.8 Å². The van der Waals surface area contributed by atoms with E-state index in [1.165, 1.54) is 0 Å². The van der Waals surface area contributed by atoms with E-state index < -0.39 is 11.9 Å². The van der Waals surface area contributed by atoms with Gasteiger partial charge in [-0.2, -0.15) is 0 Å². The maximum Gasteiger partial charge on any atom is 0.261 e. The molecule has 1 amide bonds. The summed E-state index contributed by atoms with van der Waals surface area (Å²) < 4.78 is 18.2. The van der Waals surface area contributed by atoms with E-state index in [4.69, 9.17) is 14.2 Å². The van der Waals surface area contributed by atoms with Gasteiger partial charge in [-0.3, -0.25) is 4.79 Å². The fraction of sp³-hybridized carbons (Fsp3) is 0.320. The molecule has 0 bridgehead atoms. The Hall–Kier alpha value is -2.89. The van der Waals surface area contributed by atoms with E-state index in [1.807, 2.05) is 49.4 Å². The van der Waals surface area contributed by atoms with Crippen molar-refractivity contribution in [2.24, 2.45) is 0 Å². The second kappa shape index (κ2) is 7.74. The van der Waals surface area contributed by atoms with E-state index in [0.29, 0.717) is 25.4 Å². The molecular weight excluding hydrogens is 378 g/mol. The monoisotopic (exact) mass is 403 g/mol. The zero-order valence-corrected chi connectivity index (χ0v) is 17.0. The topological polar surface area (TPSA) is 56.8 Å². The van der Waals surface area contributed by atoms with Crippen LogP contribution >= 0.6 is 0 Å². The molecule has 5 heteroatoms. The first kappa shape index (κ1) is 19.1. The van der Waals surface area contributed by atoms with Crippen LogP contribution in [0, 0.1) is 0 Å². The fourth-order valence-corrected chi connectivity index (χ4v) is 4.44. The number of amides is 1. The molecule has 0 unspecified atom stereocenters. The van der Waals surface area contributed by atoms with E-state index in [2.05, 4.69) is 29.6 Å². The number of ether oxygens (including phenoxy) is 3. The SMILES string of the molecule is C[C@@H](NC(=O)[C@H]1CC2(OCCCO2)c2ccccc2O1)c1cccc2ccccc12. The molecule has 5 rings (SSSR count). The Labute approximate surface area is 175 Å². The van der Waals surface area contributed by atoms with Gasteiger partial charge in [0.05, 0.1) is 31.2 Å². The molecule has 0 aliphatic carbocycles. The van der Waals surface area contributed by atoms with E-state index in [0.717, 1.165) is 28.3 Å². The molecule has 0 radical (unpaired) electrons. The first-order chi connectivity index (χ1) is 14.7. The van der Waals surface area contributed by atoms with E-state index in [9.17, 15) is 4.79 Å². The van der Waals surface area contributed by atoms with Crippen LogP contribution in [0.1, 0.15) is 36.9 Å². The number of rotatable bonds is 3. The molecule has 1 saturated heterocycles. The molecule has 30 heavy (non-hydrogen) atoms. The highest BCUT2D eigenvalue weighted by Crippen LogP contribution is 2.44. The van der Waals surface area contributed by atoms with Crippen LogP contribution in [0.15, 0.2) is 66.7 Å². The Kier molecular flexibility index (Phi) is 4.93. The zero-order chi connectivity index (χ0) is 20.6. The molecule has 2 aliphatic heterocycles. The third kappa shape index (κ3) is 3.34. The van der Waals surface area contributed by atoms with Gasteiger partial charge >= 0.3 is 0 Å². The normalized spacial score (nSPS) is 20.9. The molecule has 3 aromatic carbocycles. The van der Waals surface area contributed by atoms with Crippen molar-refractivity contribution in [3.05, 3.63) is 77.9 Å². The van der Waals surface area contributed by atoms with Crippen molar-refractivity contribution in [3.63, 3.8) is 0 Å². The number of fused-ring (bicyclic) bond motifs is 3. The number of benzene rings is 3. The average Bonchev–Trinajstić information content (AvgIpc) is 2.79. The van der Waals surface area contributed by atoms with Crippen LogP contribution in [0.2, 0.25) is 0 Å².